The Hall–Kier alpha value is -1.83. The van der Waals surface area contributed by atoms with Gasteiger partial charge in [-0.1, -0.05) is 83.1 Å². The first-order valence-electron chi connectivity index (χ1n) is 11.1. The molecule has 0 aromatic heterocycles. The third kappa shape index (κ3) is 4.90. The van der Waals surface area contributed by atoms with E-state index in [0.29, 0.717) is 0 Å². The minimum atomic E-state index is -0.141. The highest BCUT2D eigenvalue weighted by Crippen LogP contribution is 2.52. The van der Waals surface area contributed by atoms with Gasteiger partial charge in [0, 0.05) is 19.4 Å². The number of hydrogen-bond donors (Lipinski definition) is 0. The van der Waals surface area contributed by atoms with E-state index < -0.39 is 0 Å². The summed E-state index contributed by atoms with van der Waals surface area (Å²) >= 11 is 0. The molecule has 166 valence electrons. The van der Waals surface area contributed by atoms with E-state index in [0.717, 1.165) is 11.1 Å². The van der Waals surface area contributed by atoms with E-state index in [1.54, 1.807) is 0 Å². The Balaban J connectivity index is 3.11. The number of carbonyl (C=O) groups is 1. The van der Waals surface area contributed by atoms with Crippen LogP contribution in [-0.2, 0) is 4.79 Å². The average Bonchev–Trinajstić information content (AvgIpc) is 2.50. The van der Waals surface area contributed by atoms with Crippen LogP contribution in [0.25, 0.3) is 0 Å². The molecular weight excluding hydrogens is 366 g/mol. The van der Waals surface area contributed by atoms with Gasteiger partial charge in [0.15, 0.2) is 5.78 Å². The Labute approximate surface area is 185 Å². The van der Waals surface area contributed by atoms with Gasteiger partial charge in [-0.3, -0.25) is 4.79 Å². The molecule has 1 aliphatic heterocycles. The van der Waals surface area contributed by atoms with Crippen molar-refractivity contribution in [2.75, 3.05) is 7.05 Å². The molecule has 30 heavy (non-hydrogen) atoms. The molecule has 0 fully saturated rings. The molecule has 1 heterocycles. The first kappa shape index (κ1) is 24.4. The third-order valence-corrected chi connectivity index (χ3v) is 5.80. The van der Waals surface area contributed by atoms with Crippen molar-refractivity contribution in [1.82, 2.24) is 4.90 Å². The number of hydrogen-bond acceptors (Lipinski definition) is 2. The van der Waals surface area contributed by atoms with Crippen molar-refractivity contribution in [3.63, 3.8) is 0 Å². The van der Waals surface area contributed by atoms with Gasteiger partial charge >= 0.3 is 0 Å². The molecule has 0 saturated heterocycles. The molecule has 0 amide bonds. The predicted octanol–water partition coefficient (Wildman–Crippen LogP) is 7.62. The molecule has 2 heteroatoms. The molecule has 2 rings (SSSR count). The molecule has 0 radical (unpaired) electrons. The number of allylic oxidation sites excluding steroid dienone is 8. The van der Waals surface area contributed by atoms with Gasteiger partial charge in [-0.15, -0.1) is 0 Å². The molecule has 2 nitrogen and oxygen atoms in total. The van der Waals surface area contributed by atoms with Crippen LogP contribution in [0.2, 0.25) is 0 Å². The maximum absolute atomic E-state index is 12.8. The molecule has 0 aromatic rings. The van der Waals surface area contributed by atoms with E-state index in [-0.39, 0.29) is 27.4 Å². The Morgan fingerprint density at radius 1 is 0.533 bits per heavy atom. The normalized spacial score (nSPS) is 19.5. The van der Waals surface area contributed by atoms with Crippen LogP contribution in [0.15, 0.2) is 58.0 Å². The summed E-state index contributed by atoms with van der Waals surface area (Å²) in [6.45, 7) is 27.0. The topological polar surface area (TPSA) is 20.3 Å². The molecule has 0 aromatic carbocycles. The number of rotatable bonds is 0. The minimum Gasteiger partial charge on any atom is -0.357 e. The van der Waals surface area contributed by atoms with Crippen molar-refractivity contribution < 1.29 is 4.79 Å². The van der Waals surface area contributed by atoms with Gasteiger partial charge in [0.2, 0.25) is 0 Å². The summed E-state index contributed by atoms with van der Waals surface area (Å²) in [5.41, 5.74) is 7.15. The van der Waals surface area contributed by atoms with Crippen molar-refractivity contribution in [3.8, 4) is 0 Å². The summed E-state index contributed by atoms with van der Waals surface area (Å²) in [5, 5.41) is 0. The zero-order valence-corrected chi connectivity index (χ0v) is 21.7. The molecule has 0 saturated carbocycles. The Morgan fingerprint density at radius 2 is 0.800 bits per heavy atom. The standard InChI is InChI=1S/C28H43NO/c1-25(2,3)19-14-18(30)15-20(26(4,5)6)23(19)24-21(27(7,8)9)16-29(13)17-22(24)28(10,11)12/h14-17H,1-13H3. The second kappa shape index (κ2) is 7.39. The fourth-order valence-electron chi connectivity index (χ4n) is 4.19. The number of carbonyl (C=O) groups excluding carboxylic acids is 1. The predicted molar refractivity (Wildman–Crippen MR) is 130 cm³/mol. The molecule has 0 atom stereocenters. The lowest BCUT2D eigenvalue weighted by molar-refractivity contribution is -0.110. The van der Waals surface area contributed by atoms with Crippen LogP contribution in [-0.4, -0.2) is 17.7 Å². The van der Waals surface area contributed by atoms with Crippen LogP contribution in [0, 0.1) is 21.7 Å². The molecule has 0 spiro atoms. The van der Waals surface area contributed by atoms with Gasteiger partial charge < -0.3 is 4.90 Å². The van der Waals surface area contributed by atoms with Crippen molar-refractivity contribution in [3.05, 3.63) is 58.0 Å². The molecular formula is C28H43NO. The van der Waals surface area contributed by atoms with Crippen LogP contribution in [0.3, 0.4) is 0 Å². The maximum atomic E-state index is 12.8. The SMILES string of the molecule is CN1C=C(C(C)(C)C)C(=C2C(C(C)(C)C)=CC(=O)C=C2C(C)(C)C)C(C(C)(C)C)=C1. The van der Waals surface area contributed by atoms with Gasteiger partial charge in [-0.2, -0.15) is 0 Å². The fourth-order valence-corrected chi connectivity index (χ4v) is 4.19. The van der Waals surface area contributed by atoms with Crippen LogP contribution >= 0.6 is 0 Å². The first-order valence-corrected chi connectivity index (χ1v) is 11.1. The third-order valence-electron chi connectivity index (χ3n) is 5.80. The summed E-state index contributed by atoms with van der Waals surface area (Å²) in [7, 11) is 2.12. The highest BCUT2D eigenvalue weighted by molar-refractivity contribution is 6.04. The highest BCUT2D eigenvalue weighted by atomic mass is 16.1. The minimum absolute atomic E-state index is 0.0329. The zero-order chi connectivity index (χ0) is 23.4. The summed E-state index contributed by atoms with van der Waals surface area (Å²) in [6.07, 6.45) is 8.29. The van der Waals surface area contributed by atoms with Crippen molar-refractivity contribution >= 4 is 5.78 Å². The van der Waals surface area contributed by atoms with Gasteiger partial charge in [-0.25, -0.2) is 0 Å². The number of nitrogens with zero attached hydrogens (tertiary/aromatic N) is 1. The van der Waals surface area contributed by atoms with Crippen molar-refractivity contribution in [1.29, 1.82) is 0 Å². The smallest absolute Gasteiger partial charge is 0.179 e. The molecule has 0 bridgehead atoms. The van der Waals surface area contributed by atoms with E-state index in [1.807, 2.05) is 12.2 Å². The quantitative estimate of drug-likeness (QED) is 0.410. The monoisotopic (exact) mass is 409 g/mol. The molecule has 1 aliphatic carbocycles. The van der Waals surface area contributed by atoms with Crippen molar-refractivity contribution in [2.45, 2.75) is 83.1 Å². The zero-order valence-electron chi connectivity index (χ0n) is 21.7. The second-order valence-electron chi connectivity index (χ2n) is 13.0. The van der Waals surface area contributed by atoms with Crippen LogP contribution < -0.4 is 0 Å². The maximum Gasteiger partial charge on any atom is 0.179 e. The lowest BCUT2D eigenvalue weighted by Crippen LogP contribution is -2.31. The average molecular weight is 410 g/mol. The Morgan fingerprint density at radius 3 is 1.07 bits per heavy atom. The summed E-state index contributed by atoms with van der Waals surface area (Å²) < 4.78 is 0. The van der Waals surface area contributed by atoms with Crippen LogP contribution in [0.4, 0.5) is 0 Å². The lowest BCUT2D eigenvalue weighted by atomic mass is 9.63. The van der Waals surface area contributed by atoms with Crippen LogP contribution in [0.1, 0.15) is 83.1 Å². The lowest BCUT2D eigenvalue weighted by Gasteiger charge is -2.43. The van der Waals surface area contributed by atoms with Crippen LogP contribution in [0.5, 0.6) is 0 Å². The second-order valence-corrected chi connectivity index (χ2v) is 13.0. The Bertz CT molecular complexity index is 818. The molecule has 0 N–H and O–H groups in total. The molecule has 2 aliphatic rings. The molecule has 0 unspecified atom stereocenters. The van der Waals surface area contributed by atoms with Crippen molar-refractivity contribution in [2.24, 2.45) is 21.7 Å². The van der Waals surface area contributed by atoms with Gasteiger partial charge in [-0.05, 0) is 67.3 Å². The summed E-state index contributed by atoms with van der Waals surface area (Å²) in [5.74, 6) is 0.102. The van der Waals surface area contributed by atoms with E-state index in [1.165, 1.54) is 22.3 Å². The summed E-state index contributed by atoms with van der Waals surface area (Å²) in [4.78, 5) is 15.0. The van der Waals surface area contributed by atoms with E-state index >= 15 is 0 Å². The number of ketones is 1. The van der Waals surface area contributed by atoms with E-state index in [4.69, 9.17) is 0 Å². The largest absolute Gasteiger partial charge is 0.357 e. The fraction of sp³-hybridized carbons (Fsp3) is 0.607. The van der Waals surface area contributed by atoms with Gasteiger partial charge in [0.1, 0.15) is 0 Å². The first-order chi connectivity index (χ1) is 13.2. The van der Waals surface area contributed by atoms with E-state index in [9.17, 15) is 4.79 Å². The van der Waals surface area contributed by atoms with E-state index in [2.05, 4.69) is 107 Å². The highest BCUT2D eigenvalue weighted by Gasteiger charge is 2.40. The van der Waals surface area contributed by atoms with Gasteiger partial charge in [0.05, 0.1) is 0 Å². The summed E-state index contributed by atoms with van der Waals surface area (Å²) in [6, 6.07) is 0. The Kier molecular flexibility index (Phi) is 6.02. The van der Waals surface area contributed by atoms with Gasteiger partial charge in [0.25, 0.3) is 0 Å².